The van der Waals surface area contributed by atoms with Crippen molar-refractivity contribution in [2.24, 2.45) is 0 Å². The predicted molar refractivity (Wildman–Crippen MR) is 99.8 cm³/mol. The third kappa shape index (κ3) is 4.54. The first-order valence-electron chi connectivity index (χ1n) is 9.18. The zero-order valence-corrected chi connectivity index (χ0v) is 16.7. The summed E-state index contributed by atoms with van der Waals surface area (Å²) in [5.41, 5.74) is 1.28. The zero-order valence-electron chi connectivity index (χ0n) is 16.7. The summed E-state index contributed by atoms with van der Waals surface area (Å²) in [6.45, 7) is 2.66. The second-order valence-electron chi connectivity index (χ2n) is 6.78. The molecule has 0 aliphatic rings. The van der Waals surface area contributed by atoms with E-state index in [4.69, 9.17) is 9.15 Å². The summed E-state index contributed by atoms with van der Waals surface area (Å²) in [4.78, 5) is 3.99. The topological polar surface area (TPSA) is 74.7 Å². The van der Waals surface area contributed by atoms with Crippen LogP contribution < -0.4 is 4.74 Å². The van der Waals surface area contributed by atoms with Gasteiger partial charge in [0.1, 0.15) is 17.2 Å². The molecule has 4 aromatic rings. The molecule has 0 amide bonds. The third-order valence-electron chi connectivity index (χ3n) is 4.47. The van der Waals surface area contributed by atoms with Crippen LogP contribution >= 0.6 is 0 Å². The van der Waals surface area contributed by atoms with Crippen LogP contribution in [0.4, 0.5) is 22.0 Å². The van der Waals surface area contributed by atoms with E-state index in [1.807, 2.05) is 0 Å². The van der Waals surface area contributed by atoms with Gasteiger partial charge in [0.2, 0.25) is 5.82 Å². The van der Waals surface area contributed by atoms with Gasteiger partial charge in [-0.1, -0.05) is 12.1 Å². The summed E-state index contributed by atoms with van der Waals surface area (Å²) in [5.74, 6) is -0.465. The van der Waals surface area contributed by atoms with E-state index in [-0.39, 0.29) is 11.3 Å². The van der Waals surface area contributed by atoms with Crippen LogP contribution in [0.15, 0.2) is 47.0 Å². The lowest BCUT2D eigenvalue weighted by atomic mass is 10.1. The number of pyridine rings is 1. The number of alkyl halides is 5. The van der Waals surface area contributed by atoms with Gasteiger partial charge >= 0.3 is 12.5 Å². The summed E-state index contributed by atoms with van der Waals surface area (Å²) >= 11 is 0. The number of fused-ring (bicyclic) bond motifs is 1. The maximum Gasteiger partial charge on any atom is 0.573 e. The summed E-state index contributed by atoms with van der Waals surface area (Å²) in [6.07, 6.45) is -7.28. The van der Waals surface area contributed by atoms with Gasteiger partial charge in [0, 0.05) is 13.1 Å². The smallest absolute Gasteiger partial charge is 0.446 e. The highest BCUT2D eigenvalue weighted by Gasteiger charge is 2.39. The molecule has 0 bridgehead atoms. The molecule has 0 aliphatic carbocycles. The maximum absolute atomic E-state index is 14.8. The monoisotopic (exact) mass is 454 g/mol. The Hall–Kier alpha value is -3.54. The minimum Gasteiger partial charge on any atom is -0.446 e. The van der Waals surface area contributed by atoms with Gasteiger partial charge in [0.05, 0.1) is 6.61 Å². The Morgan fingerprint density at radius 2 is 1.62 bits per heavy atom. The Morgan fingerprint density at radius 1 is 0.938 bits per heavy atom. The van der Waals surface area contributed by atoms with Gasteiger partial charge in [0.15, 0.2) is 11.5 Å². The van der Waals surface area contributed by atoms with Crippen LogP contribution in [0, 0.1) is 13.8 Å². The molecule has 0 N–H and O–H groups in total. The van der Waals surface area contributed by atoms with Crippen molar-refractivity contribution in [3.05, 3.63) is 65.8 Å². The average molecular weight is 454 g/mol. The fourth-order valence-electron chi connectivity index (χ4n) is 3.04. The van der Waals surface area contributed by atoms with Crippen LogP contribution in [-0.4, -0.2) is 25.9 Å². The molecule has 0 aliphatic heterocycles. The minimum atomic E-state index is -4.81. The number of halogens is 5. The minimum absolute atomic E-state index is 0.137. The molecule has 0 atom stereocenters. The number of aryl methyl sites for hydroxylation is 2. The van der Waals surface area contributed by atoms with Gasteiger partial charge in [-0.25, -0.2) is 4.98 Å². The largest absolute Gasteiger partial charge is 0.573 e. The Bertz CT molecular complexity index is 1250. The van der Waals surface area contributed by atoms with Crippen molar-refractivity contribution in [3.63, 3.8) is 0 Å². The van der Waals surface area contributed by atoms with Crippen molar-refractivity contribution < 1.29 is 35.8 Å². The van der Waals surface area contributed by atoms with Crippen molar-refractivity contribution in [3.8, 4) is 16.9 Å². The second-order valence-corrected chi connectivity index (χ2v) is 6.78. The van der Waals surface area contributed by atoms with E-state index in [1.54, 1.807) is 19.9 Å². The Balaban J connectivity index is 1.60. The van der Waals surface area contributed by atoms with Crippen molar-refractivity contribution >= 4 is 5.65 Å². The summed E-state index contributed by atoms with van der Waals surface area (Å²) in [5, 5.41) is 7.27. The summed E-state index contributed by atoms with van der Waals surface area (Å²) in [7, 11) is 0. The third-order valence-corrected chi connectivity index (χ3v) is 4.47. The number of aromatic nitrogens is 4. The van der Waals surface area contributed by atoms with Crippen molar-refractivity contribution in [2.75, 3.05) is 0 Å². The average Bonchev–Trinajstić information content (AvgIpc) is 3.28. The molecular weight excluding hydrogens is 439 g/mol. The SMILES string of the molecule is Cc1nc(COC(F)(F)c2nnc3ccc(-c4ccc(OC(F)(F)F)cc4)cn23)c(C)o1. The molecular formula is C20H15F5N4O3. The van der Waals surface area contributed by atoms with Crippen LogP contribution in [0.2, 0.25) is 0 Å². The molecule has 168 valence electrons. The van der Waals surface area contributed by atoms with E-state index >= 15 is 0 Å². The van der Waals surface area contributed by atoms with E-state index in [0.29, 0.717) is 22.8 Å². The molecule has 0 spiro atoms. The number of rotatable bonds is 6. The van der Waals surface area contributed by atoms with Gasteiger partial charge in [-0.2, -0.15) is 8.78 Å². The molecule has 4 rings (SSSR count). The van der Waals surface area contributed by atoms with Crippen molar-refractivity contribution in [1.29, 1.82) is 0 Å². The highest BCUT2D eigenvalue weighted by molar-refractivity contribution is 5.65. The molecule has 0 fully saturated rings. The summed E-state index contributed by atoms with van der Waals surface area (Å²) < 4.78 is 81.3. The first-order valence-corrected chi connectivity index (χ1v) is 9.18. The molecule has 3 aromatic heterocycles. The highest BCUT2D eigenvalue weighted by Crippen LogP contribution is 2.32. The fraction of sp³-hybridized carbons (Fsp3) is 0.250. The van der Waals surface area contributed by atoms with Crippen LogP contribution in [0.25, 0.3) is 16.8 Å². The zero-order chi connectivity index (χ0) is 23.1. The lowest BCUT2D eigenvalue weighted by Crippen LogP contribution is -2.22. The summed E-state index contributed by atoms with van der Waals surface area (Å²) in [6, 6.07) is 8.02. The van der Waals surface area contributed by atoms with Gasteiger partial charge in [-0.3, -0.25) is 4.40 Å². The lowest BCUT2D eigenvalue weighted by Gasteiger charge is -2.15. The first kappa shape index (κ1) is 21.7. The molecule has 7 nitrogen and oxygen atoms in total. The number of hydrogen-bond acceptors (Lipinski definition) is 6. The molecule has 0 unspecified atom stereocenters. The molecule has 0 saturated heterocycles. The van der Waals surface area contributed by atoms with Crippen LogP contribution in [0.1, 0.15) is 23.2 Å². The van der Waals surface area contributed by atoms with Crippen LogP contribution in [-0.2, 0) is 17.5 Å². The number of hydrogen-bond donors (Lipinski definition) is 0. The van der Waals surface area contributed by atoms with Gasteiger partial charge in [-0.15, -0.1) is 23.4 Å². The van der Waals surface area contributed by atoms with E-state index in [0.717, 1.165) is 16.5 Å². The highest BCUT2D eigenvalue weighted by atomic mass is 19.4. The van der Waals surface area contributed by atoms with Crippen LogP contribution in [0.3, 0.4) is 0 Å². The predicted octanol–water partition coefficient (Wildman–Crippen LogP) is 5.17. The van der Waals surface area contributed by atoms with E-state index in [1.165, 1.54) is 24.4 Å². The van der Waals surface area contributed by atoms with Crippen molar-refractivity contribution in [2.45, 2.75) is 32.9 Å². The Labute approximate surface area is 177 Å². The lowest BCUT2D eigenvalue weighted by molar-refractivity contribution is -0.274. The van der Waals surface area contributed by atoms with Gasteiger partial charge in [-0.05, 0) is 42.3 Å². The standard InChI is InChI=1S/C20H15F5N4O3/c1-11-16(26-12(2)31-11)10-30-19(21,22)18-28-27-17-8-5-14(9-29(17)18)13-3-6-15(7-4-13)32-20(23,24)25/h3-9H,10H2,1-2H3. The van der Waals surface area contributed by atoms with E-state index in [2.05, 4.69) is 19.9 Å². The Kier molecular flexibility index (Phi) is 5.33. The second kappa shape index (κ2) is 7.86. The van der Waals surface area contributed by atoms with Gasteiger partial charge < -0.3 is 13.9 Å². The van der Waals surface area contributed by atoms with Crippen molar-refractivity contribution in [1.82, 2.24) is 19.6 Å². The number of oxazole rings is 1. The number of ether oxygens (including phenoxy) is 2. The molecule has 32 heavy (non-hydrogen) atoms. The normalized spacial score (nSPS) is 12.5. The quantitative estimate of drug-likeness (QED) is 0.375. The van der Waals surface area contributed by atoms with Gasteiger partial charge in [0.25, 0.3) is 0 Å². The fourth-order valence-corrected chi connectivity index (χ4v) is 3.04. The van der Waals surface area contributed by atoms with E-state index < -0.39 is 30.7 Å². The van der Waals surface area contributed by atoms with Crippen LogP contribution in [0.5, 0.6) is 5.75 Å². The van der Waals surface area contributed by atoms with E-state index in [9.17, 15) is 22.0 Å². The molecule has 0 saturated carbocycles. The maximum atomic E-state index is 14.8. The molecule has 12 heteroatoms. The Morgan fingerprint density at radius 3 is 2.25 bits per heavy atom. The molecule has 3 heterocycles. The molecule has 1 aromatic carbocycles. The molecule has 0 radical (unpaired) electrons. The first-order chi connectivity index (χ1) is 15.0. The number of benzene rings is 1. The number of nitrogens with zero attached hydrogens (tertiary/aromatic N) is 4.